The fourth-order valence-electron chi connectivity index (χ4n) is 1.99. The Kier molecular flexibility index (Phi) is 3.58. The molecule has 1 atom stereocenters. The summed E-state index contributed by atoms with van der Waals surface area (Å²) in [6.45, 7) is 4.99. The second-order valence-corrected chi connectivity index (χ2v) is 4.13. The number of nitrogens with zero attached hydrogens (tertiary/aromatic N) is 3. The third kappa shape index (κ3) is 2.74. The van der Waals surface area contributed by atoms with Crippen LogP contribution in [0, 0.1) is 6.92 Å². The van der Waals surface area contributed by atoms with Gasteiger partial charge in [0.2, 0.25) is 0 Å². The Morgan fingerprint density at radius 2 is 2.35 bits per heavy atom. The van der Waals surface area contributed by atoms with Gasteiger partial charge in [-0.2, -0.15) is 0 Å². The standard InChI is InChI=1S/C12H18N4O/c1-4-13-12(11-5-6-17-9(11)2)7-10-8-16(3)15-14-10/h5-6,8,12-13H,4,7H2,1-3H3. The topological polar surface area (TPSA) is 55.9 Å². The third-order valence-electron chi connectivity index (χ3n) is 2.79. The predicted molar refractivity (Wildman–Crippen MR) is 64.6 cm³/mol. The molecule has 5 heteroatoms. The minimum Gasteiger partial charge on any atom is -0.469 e. The molecule has 0 bridgehead atoms. The van der Waals surface area contributed by atoms with Crippen molar-refractivity contribution in [3.63, 3.8) is 0 Å². The first-order valence-electron chi connectivity index (χ1n) is 5.83. The van der Waals surface area contributed by atoms with E-state index >= 15 is 0 Å². The molecule has 0 aliphatic heterocycles. The van der Waals surface area contributed by atoms with Crippen LogP contribution in [0.5, 0.6) is 0 Å². The van der Waals surface area contributed by atoms with Crippen LogP contribution in [-0.4, -0.2) is 21.5 Å². The number of hydrogen-bond acceptors (Lipinski definition) is 4. The van der Waals surface area contributed by atoms with Crippen LogP contribution in [0.15, 0.2) is 22.9 Å². The Labute approximate surface area is 101 Å². The molecule has 0 aliphatic carbocycles. The van der Waals surface area contributed by atoms with E-state index in [-0.39, 0.29) is 6.04 Å². The molecule has 5 nitrogen and oxygen atoms in total. The van der Waals surface area contributed by atoms with Crippen molar-refractivity contribution in [1.82, 2.24) is 20.3 Å². The molecule has 0 aromatic carbocycles. The molecule has 0 radical (unpaired) electrons. The van der Waals surface area contributed by atoms with E-state index in [4.69, 9.17) is 4.42 Å². The van der Waals surface area contributed by atoms with E-state index in [1.54, 1.807) is 10.9 Å². The summed E-state index contributed by atoms with van der Waals surface area (Å²) in [5, 5.41) is 11.5. The van der Waals surface area contributed by atoms with E-state index in [1.807, 2.05) is 26.2 Å². The van der Waals surface area contributed by atoms with Crippen molar-refractivity contribution in [2.24, 2.45) is 7.05 Å². The highest BCUT2D eigenvalue weighted by Gasteiger charge is 2.16. The highest BCUT2D eigenvalue weighted by Crippen LogP contribution is 2.21. The van der Waals surface area contributed by atoms with Gasteiger partial charge in [0.05, 0.1) is 12.0 Å². The molecule has 0 fully saturated rings. The van der Waals surface area contributed by atoms with E-state index < -0.39 is 0 Å². The summed E-state index contributed by atoms with van der Waals surface area (Å²) in [4.78, 5) is 0. The Morgan fingerprint density at radius 3 is 2.88 bits per heavy atom. The van der Waals surface area contributed by atoms with E-state index in [0.29, 0.717) is 0 Å². The maximum atomic E-state index is 5.35. The van der Waals surface area contributed by atoms with Gasteiger partial charge >= 0.3 is 0 Å². The molecule has 2 aromatic rings. The monoisotopic (exact) mass is 234 g/mol. The lowest BCUT2D eigenvalue weighted by Gasteiger charge is -2.15. The van der Waals surface area contributed by atoms with Crippen LogP contribution in [0.4, 0.5) is 0 Å². The Hall–Kier alpha value is -1.62. The van der Waals surface area contributed by atoms with Crippen molar-refractivity contribution >= 4 is 0 Å². The summed E-state index contributed by atoms with van der Waals surface area (Å²) in [6, 6.07) is 2.24. The number of likely N-dealkylation sites (N-methyl/N-ethyl adjacent to an activating group) is 1. The maximum Gasteiger partial charge on any atom is 0.105 e. The van der Waals surface area contributed by atoms with Crippen LogP contribution in [0.1, 0.15) is 30.0 Å². The molecular formula is C12H18N4O. The molecule has 1 N–H and O–H groups in total. The van der Waals surface area contributed by atoms with Crippen LogP contribution in [0.25, 0.3) is 0 Å². The second-order valence-electron chi connectivity index (χ2n) is 4.13. The van der Waals surface area contributed by atoms with Gasteiger partial charge in [0.25, 0.3) is 0 Å². The zero-order valence-corrected chi connectivity index (χ0v) is 10.5. The minimum absolute atomic E-state index is 0.232. The Balaban J connectivity index is 2.15. The first-order valence-corrected chi connectivity index (χ1v) is 5.83. The van der Waals surface area contributed by atoms with Gasteiger partial charge in [-0.05, 0) is 19.5 Å². The SMILES string of the molecule is CCNC(Cc1cn(C)nn1)c1ccoc1C. The van der Waals surface area contributed by atoms with Crippen molar-refractivity contribution in [3.8, 4) is 0 Å². The second kappa shape index (κ2) is 5.14. The molecular weight excluding hydrogens is 216 g/mol. The van der Waals surface area contributed by atoms with Crippen LogP contribution < -0.4 is 5.32 Å². The fourth-order valence-corrected chi connectivity index (χ4v) is 1.99. The van der Waals surface area contributed by atoms with Gasteiger partial charge in [0.1, 0.15) is 5.76 Å². The normalized spacial score (nSPS) is 12.9. The number of aromatic nitrogens is 3. The molecule has 2 rings (SSSR count). The van der Waals surface area contributed by atoms with Gasteiger partial charge in [-0.1, -0.05) is 12.1 Å². The number of hydrogen-bond donors (Lipinski definition) is 1. The molecule has 0 aliphatic rings. The van der Waals surface area contributed by atoms with Crippen LogP contribution in [0.3, 0.4) is 0 Å². The smallest absolute Gasteiger partial charge is 0.105 e. The lowest BCUT2D eigenvalue weighted by Crippen LogP contribution is -2.23. The predicted octanol–water partition coefficient (Wildman–Crippen LogP) is 1.61. The molecule has 0 saturated carbocycles. The first-order chi connectivity index (χ1) is 8.20. The van der Waals surface area contributed by atoms with Crippen molar-refractivity contribution in [1.29, 1.82) is 0 Å². The lowest BCUT2D eigenvalue weighted by molar-refractivity contribution is 0.499. The van der Waals surface area contributed by atoms with E-state index in [1.165, 1.54) is 5.56 Å². The highest BCUT2D eigenvalue weighted by molar-refractivity contribution is 5.21. The molecule has 0 spiro atoms. The fraction of sp³-hybridized carbons (Fsp3) is 0.500. The number of furan rings is 1. The molecule has 0 saturated heterocycles. The minimum atomic E-state index is 0.232. The van der Waals surface area contributed by atoms with E-state index in [9.17, 15) is 0 Å². The van der Waals surface area contributed by atoms with Crippen molar-refractivity contribution < 1.29 is 4.42 Å². The summed E-state index contributed by atoms with van der Waals surface area (Å²) in [7, 11) is 1.88. The quantitative estimate of drug-likeness (QED) is 0.854. The van der Waals surface area contributed by atoms with E-state index in [0.717, 1.165) is 24.4 Å². The van der Waals surface area contributed by atoms with Crippen LogP contribution in [-0.2, 0) is 13.5 Å². The summed E-state index contributed by atoms with van der Waals surface area (Å²) in [6.07, 6.45) is 4.49. The maximum absolute atomic E-state index is 5.35. The van der Waals surface area contributed by atoms with Crippen molar-refractivity contribution in [2.75, 3.05) is 6.54 Å². The van der Waals surface area contributed by atoms with E-state index in [2.05, 4.69) is 22.6 Å². The Bertz CT molecular complexity index is 474. The molecule has 17 heavy (non-hydrogen) atoms. The zero-order chi connectivity index (χ0) is 12.3. The zero-order valence-electron chi connectivity index (χ0n) is 10.5. The average molecular weight is 234 g/mol. The lowest BCUT2D eigenvalue weighted by atomic mass is 10.0. The van der Waals surface area contributed by atoms with Crippen molar-refractivity contribution in [2.45, 2.75) is 26.3 Å². The summed E-state index contributed by atoms with van der Waals surface area (Å²) in [5.74, 6) is 0.958. The summed E-state index contributed by atoms with van der Waals surface area (Å²) >= 11 is 0. The van der Waals surface area contributed by atoms with Gasteiger partial charge in [0, 0.05) is 31.3 Å². The van der Waals surface area contributed by atoms with Gasteiger partial charge in [-0.25, -0.2) is 0 Å². The highest BCUT2D eigenvalue weighted by atomic mass is 16.3. The van der Waals surface area contributed by atoms with Gasteiger partial charge in [-0.15, -0.1) is 5.10 Å². The van der Waals surface area contributed by atoms with Gasteiger partial charge in [0.15, 0.2) is 0 Å². The van der Waals surface area contributed by atoms with Crippen molar-refractivity contribution in [3.05, 3.63) is 35.5 Å². The molecule has 2 aromatic heterocycles. The molecule has 1 unspecified atom stereocenters. The van der Waals surface area contributed by atoms with Crippen LogP contribution >= 0.6 is 0 Å². The Morgan fingerprint density at radius 1 is 1.53 bits per heavy atom. The van der Waals surface area contributed by atoms with Gasteiger partial charge < -0.3 is 9.73 Å². The van der Waals surface area contributed by atoms with Gasteiger partial charge in [-0.3, -0.25) is 4.68 Å². The molecule has 0 amide bonds. The third-order valence-corrected chi connectivity index (χ3v) is 2.79. The number of nitrogens with one attached hydrogen (secondary N) is 1. The molecule has 92 valence electrons. The number of aryl methyl sites for hydroxylation is 2. The summed E-state index contributed by atoms with van der Waals surface area (Å²) < 4.78 is 7.08. The number of rotatable bonds is 5. The molecule has 2 heterocycles. The summed E-state index contributed by atoms with van der Waals surface area (Å²) in [5.41, 5.74) is 2.18. The average Bonchev–Trinajstić information content (AvgIpc) is 2.87. The largest absolute Gasteiger partial charge is 0.469 e. The van der Waals surface area contributed by atoms with Crippen LogP contribution in [0.2, 0.25) is 0 Å². The first kappa shape index (κ1) is 11.9.